The Morgan fingerprint density at radius 3 is 2.86 bits per heavy atom. The fourth-order valence-corrected chi connectivity index (χ4v) is 1.55. The Balaban J connectivity index is 2.13. The van der Waals surface area contributed by atoms with Crippen molar-refractivity contribution >= 4 is 17.7 Å². The molecule has 3 N–H and O–H groups in total. The highest BCUT2D eigenvalue weighted by atomic mass is 16.5. The molecule has 21 heavy (non-hydrogen) atoms. The van der Waals surface area contributed by atoms with Crippen LogP contribution >= 0.6 is 0 Å². The molecule has 0 aliphatic rings. The summed E-state index contributed by atoms with van der Waals surface area (Å²) in [5.74, 6) is -0.989. The van der Waals surface area contributed by atoms with E-state index >= 15 is 0 Å². The standard InChI is InChI=1S/C13H22N4O4/c1-2-3-6-21-7-4-5-14-13(20)16-11-8-15-17(9-11)10-12(18)19/h8-9H,2-7,10H2,1H3,(H,18,19)(H2,14,16,20). The van der Waals surface area contributed by atoms with Crippen LogP contribution in [0.2, 0.25) is 0 Å². The molecule has 0 aliphatic carbocycles. The van der Waals surface area contributed by atoms with Crippen LogP contribution in [0.15, 0.2) is 12.4 Å². The van der Waals surface area contributed by atoms with Gasteiger partial charge in [0.2, 0.25) is 0 Å². The van der Waals surface area contributed by atoms with E-state index in [4.69, 9.17) is 9.84 Å². The first-order valence-corrected chi connectivity index (χ1v) is 6.98. The Bertz CT molecular complexity index is 447. The van der Waals surface area contributed by atoms with Crippen LogP contribution in [0.25, 0.3) is 0 Å². The minimum absolute atomic E-state index is 0.238. The molecule has 118 valence electrons. The molecule has 0 spiro atoms. The number of carbonyl (C=O) groups excluding carboxylic acids is 1. The van der Waals surface area contributed by atoms with Crippen LogP contribution in [0.3, 0.4) is 0 Å². The number of carboxylic acid groups (broad SMARTS) is 1. The van der Waals surface area contributed by atoms with Crippen LogP contribution in [-0.4, -0.2) is 46.6 Å². The number of carboxylic acids is 1. The first-order chi connectivity index (χ1) is 10.1. The molecular weight excluding hydrogens is 276 g/mol. The van der Waals surface area contributed by atoms with Crippen LogP contribution in [0.5, 0.6) is 0 Å². The summed E-state index contributed by atoms with van der Waals surface area (Å²) < 4.78 is 6.61. The van der Waals surface area contributed by atoms with Gasteiger partial charge in [0, 0.05) is 26.0 Å². The number of unbranched alkanes of at least 4 members (excludes halogenated alkanes) is 1. The van der Waals surface area contributed by atoms with Crippen LogP contribution in [0.4, 0.5) is 10.5 Å². The minimum atomic E-state index is -0.989. The zero-order chi connectivity index (χ0) is 15.5. The Morgan fingerprint density at radius 2 is 2.14 bits per heavy atom. The van der Waals surface area contributed by atoms with Crippen molar-refractivity contribution in [2.24, 2.45) is 0 Å². The number of nitrogens with zero attached hydrogens (tertiary/aromatic N) is 2. The van der Waals surface area contributed by atoms with E-state index in [0.29, 0.717) is 18.8 Å². The van der Waals surface area contributed by atoms with Gasteiger partial charge in [-0.05, 0) is 12.8 Å². The SMILES string of the molecule is CCCCOCCCNC(=O)Nc1cnn(CC(=O)O)c1. The van der Waals surface area contributed by atoms with E-state index in [1.54, 1.807) is 0 Å². The molecule has 1 heterocycles. The molecule has 0 unspecified atom stereocenters. The van der Waals surface area contributed by atoms with Gasteiger partial charge in [-0.3, -0.25) is 9.48 Å². The summed E-state index contributed by atoms with van der Waals surface area (Å²) in [7, 11) is 0. The molecule has 2 amide bonds. The van der Waals surface area contributed by atoms with Crippen LogP contribution in [0.1, 0.15) is 26.2 Å². The van der Waals surface area contributed by atoms with Gasteiger partial charge in [0.05, 0.1) is 11.9 Å². The van der Waals surface area contributed by atoms with Crippen molar-refractivity contribution in [2.75, 3.05) is 25.1 Å². The van der Waals surface area contributed by atoms with Gasteiger partial charge < -0.3 is 20.5 Å². The van der Waals surface area contributed by atoms with Gasteiger partial charge in [-0.1, -0.05) is 13.3 Å². The highest BCUT2D eigenvalue weighted by molar-refractivity contribution is 5.88. The van der Waals surface area contributed by atoms with Gasteiger partial charge >= 0.3 is 12.0 Å². The fourth-order valence-electron chi connectivity index (χ4n) is 1.55. The summed E-state index contributed by atoms with van der Waals surface area (Å²) in [4.78, 5) is 22.1. The maximum Gasteiger partial charge on any atom is 0.325 e. The second kappa shape index (κ2) is 9.76. The van der Waals surface area contributed by atoms with Gasteiger partial charge in [0.15, 0.2) is 0 Å². The maximum absolute atomic E-state index is 11.6. The topological polar surface area (TPSA) is 105 Å². The third-order valence-electron chi connectivity index (χ3n) is 2.58. The third kappa shape index (κ3) is 7.93. The van der Waals surface area contributed by atoms with Gasteiger partial charge in [-0.25, -0.2) is 4.79 Å². The van der Waals surface area contributed by atoms with E-state index in [0.717, 1.165) is 25.9 Å². The number of hydrogen-bond donors (Lipinski definition) is 3. The van der Waals surface area contributed by atoms with Gasteiger partial charge in [-0.15, -0.1) is 0 Å². The molecule has 0 bridgehead atoms. The zero-order valence-electron chi connectivity index (χ0n) is 12.2. The third-order valence-corrected chi connectivity index (χ3v) is 2.58. The quantitative estimate of drug-likeness (QED) is 0.565. The van der Waals surface area contributed by atoms with Crippen molar-refractivity contribution in [3.8, 4) is 0 Å². The van der Waals surface area contributed by atoms with Crippen molar-refractivity contribution < 1.29 is 19.4 Å². The Morgan fingerprint density at radius 1 is 1.38 bits per heavy atom. The predicted octanol–water partition coefficient (Wildman–Crippen LogP) is 1.30. The predicted molar refractivity (Wildman–Crippen MR) is 77.2 cm³/mol. The second-order valence-electron chi connectivity index (χ2n) is 4.52. The highest BCUT2D eigenvalue weighted by Gasteiger charge is 2.05. The molecule has 8 nitrogen and oxygen atoms in total. The lowest BCUT2D eigenvalue weighted by atomic mass is 10.4. The second-order valence-corrected chi connectivity index (χ2v) is 4.52. The molecule has 1 rings (SSSR count). The van der Waals surface area contributed by atoms with Crippen LogP contribution < -0.4 is 10.6 Å². The average molecular weight is 298 g/mol. The maximum atomic E-state index is 11.6. The molecule has 0 aromatic carbocycles. The first-order valence-electron chi connectivity index (χ1n) is 6.98. The van der Waals surface area contributed by atoms with E-state index < -0.39 is 5.97 Å². The number of hydrogen-bond acceptors (Lipinski definition) is 4. The number of aromatic nitrogens is 2. The monoisotopic (exact) mass is 298 g/mol. The molecule has 1 aromatic rings. The number of carbonyl (C=O) groups is 2. The Kier molecular flexibility index (Phi) is 7.88. The molecule has 0 saturated heterocycles. The van der Waals surface area contributed by atoms with E-state index in [-0.39, 0.29) is 12.6 Å². The fraction of sp³-hybridized carbons (Fsp3) is 0.615. The van der Waals surface area contributed by atoms with E-state index in [9.17, 15) is 9.59 Å². The summed E-state index contributed by atoms with van der Waals surface area (Å²) in [6.07, 6.45) is 5.76. The molecule has 0 fully saturated rings. The Labute approximate surface area is 123 Å². The van der Waals surface area contributed by atoms with Crippen molar-refractivity contribution in [1.29, 1.82) is 0 Å². The number of anilines is 1. The summed E-state index contributed by atoms with van der Waals surface area (Å²) in [5.41, 5.74) is 0.452. The first kappa shape index (κ1) is 17.0. The molecule has 0 saturated carbocycles. The number of ether oxygens (including phenoxy) is 1. The number of rotatable bonds is 10. The molecule has 0 radical (unpaired) electrons. The molecule has 1 aromatic heterocycles. The van der Waals surface area contributed by atoms with E-state index in [1.165, 1.54) is 17.1 Å². The van der Waals surface area contributed by atoms with Gasteiger partial charge in [0.25, 0.3) is 0 Å². The van der Waals surface area contributed by atoms with E-state index in [1.807, 2.05) is 0 Å². The zero-order valence-corrected chi connectivity index (χ0v) is 12.2. The lowest BCUT2D eigenvalue weighted by molar-refractivity contribution is -0.137. The average Bonchev–Trinajstić information content (AvgIpc) is 2.84. The number of amides is 2. The number of aliphatic carboxylic acids is 1. The van der Waals surface area contributed by atoms with E-state index in [2.05, 4.69) is 22.7 Å². The number of urea groups is 1. The molecule has 0 atom stereocenters. The number of nitrogens with one attached hydrogen (secondary N) is 2. The van der Waals surface area contributed by atoms with Gasteiger partial charge in [-0.2, -0.15) is 5.10 Å². The normalized spacial score (nSPS) is 10.3. The van der Waals surface area contributed by atoms with Crippen molar-refractivity contribution in [2.45, 2.75) is 32.7 Å². The van der Waals surface area contributed by atoms with Crippen molar-refractivity contribution in [1.82, 2.24) is 15.1 Å². The lowest BCUT2D eigenvalue weighted by Crippen LogP contribution is -2.30. The molecular formula is C13H22N4O4. The van der Waals surface area contributed by atoms with Crippen molar-refractivity contribution in [3.05, 3.63) is 12.4 Å². The smallest absolute Gasteiger partial charge is 0.325 e. The summed E-state index contributed by atoms with van der Waals surface area (Å²) in [5, 5.41) is 17.7. The summed E-state index contributed by atoms with van der Waals surface area (Å²) in [6, 6.07) is -0.349. The summed E-state index contributed by atoms with van der Waals surface area (Å²) in [6.45, 7) is 3.76. The van der Waals surface area contributed by atoms with Crippen molar-refractivity contribution in [3.63, 3.8) is 0 Å². The lowest BCUT2D eigenvalue weighted by Gasteiger charge is -2.06. The highest BCUT2D eigenvalue weighted by Crippen LogP contribution is 2.04. The molecule has 8 heteroatoms. The van der Waals surface area contributed by atoms with Gasteiger partial charge in [0.1, 0.15) is 6.54 Å². The molecule has 0 aliphatic heterocycles. The Hall–Kier alpha value is -2.09. The largest absolute Gasteiger partial charge is 0.480 e. The minimum Gasteiger partial charge on any atom is -0.480 e. The van der Waals surface area contributed by atoms with Crippen LogP contribution in [0, 0.1) is 0 Å². The van der Waals surface area contributed by atoms with Crippen LogP contribution in [-0.2, 0) is 16.1 Å². The summed E-state index contributed by atoms with van der Waals surface area (Å²) >= 11 is 0.